The van der Waals surface area contributed by atoms with Gasteiger partial charge >= 0.3 is 0 Å². The Morgan fingerprint density at radius 3 is 2.00 bits per heavy atom. The summed E-state index contributed by atoms with van der Waals surface area (Å²) in [7, 11) is 0. The highest BCUT2D eigenvalue weighted by Crippen LogP contribution is 2.47. The minimum Gasteiger partial charge on any atom is -0.197 e. The van der Waals surface area contributed by atoms with Crippen LogP contribution in [0.15, 0.2) is 24.3 Å². The van der Waals surface area contributed by atoms with E-state index >= 15 is 0 Å². The average Bonchev–Trinajstić information content (AvgIpc) is 2.83. The van der Waals surface area contributed by atoms with Crippen LogP contribution in [0.2, 0.25) is 0 Å². The summed E-state index contributed by atoms with van der Waals surface area (Å²) in [5, 5.41) is 10.2. The lowest BCUT2D eigenvalue weighted by Crippen LogP contribution is -2.33. The predicted octanol–water partition coefficient (Wildman–Crippen LogP) is 9.15. The Kier molecular flexibility index (Phi) is 9.95. The first-order valence-corrected chi connectivity index (χ1v) is 13.7. The monoisotopic (exact) mass is 421 g/mol. The van der Waals surface area contributed by atoms with Crippen molar-refractivity contribution in [2.45, 2.75) is 128 Å². The first-order chi connectivity index (χ1) is 15.2. The third-order valence-electron chi connectivity index (χ3n) is 8.70. The lowest BCUT2D eigenvalue weighted by Gasteiger charge is -2.41. The maximum absolute atomic E-state index is 10.2. The van der Waals surface area contributed by atoms with Crippen LogP contribution in [-0.4, -0.2) is 0 Å². The van der Waals surface area contributed by atoms with Gasteiger partial charge in [0.2, 0.25) is 0 Å². The maximum atomic E-state index is 10.2. The van der Waals surface area contributed by atoms with E-state index in [4.69, 9.17) is 0 Å². The van der Waals surface area contributed by atoms with Gasteiger partial charge in [-0.2, -0.15) is 5.26 Å². The van der Waals surface area contributed by atoms with Gasteiger partial charge in [-0.05, 0) is 80.2 Å². The molecule has 1 aromatic carbocycles. The van der Waals surface area contributed by atoms with Gasteiger partial charge in [-0.25, -0.2) is 0 Å². The van der Waals surface area contributed by atoms with Crippen molar-refractivity contribution in [1.29, 1.82) is 5.26 Å². The zero-order valence-electron chi connectivity index (χ0n) is 20.5. The highest BCUT2D eigenvalue weighted by Gasteiger charge is 2.39. The Balaban J connectivity index is 1.47. The minimum atomic E-state index is -0.228. The van der Waals surface area contributed by atoms with Crippen LogP contribution in [0.5, 0.6) is 0 Å². The van der Waals surface area contributed by atoms with E-state index in [1.165, 1.54) is 107 Å². The standard InChI is InChI=1S/C30H47N/c1-3-5-7-8-9-11-26-14-18-29(19-15-26)30(24-31)22-20-28(21-23-30)27-16-12-25(13-17-27)10-6-4-2/h14-15,18-19,25,27-28H,3-13,16-17,20-23H2,1-2H3/t25?,27?,28-,30-. The summed E-state index contributed by atoms with van der Waals surface area (Å²) in [5.41, 5.74) is 2.50. The van der Waals surface area contributed by atoms with Crippen molar-refractivity contribution in [2.24, 2.45) is 17.8 Å². The van der Waals surface area contributed by atoms with Crippen LogP contribution in [0.3, 0.4) is 0 Å². The fraction of sp³-hybridized carbons (Fsp3) is 0.767. The van der Waals surface area contributed by atoms with Crippen LogP contribution in [0.4, 0.5) is 0 Å². The quantitative estimate of drug-likeness (QED) is 0.327. The average molecular weight is 422 g/mol. The Bertz CT molecular complexity index is 651. The fourth-order valence-corrected chi connectivity index (χ4v) is 6.43. The molecular weight excluding hydrogens is 374 g/mol. The number of hydrogen-bond donors (Lipinski definition) is 0. The van der Waals surface area contributed by atoms with Crippen molar-refractivity contribution in [3.8, 4) is 6.07 Å². The second kappa shape index (κ2) is 12.7. The van der Waals surface area contributed by atoms with Gasteiger partial charge in [-0.1, -0.05) is 95.9 Å². The Labute approximate surface area is 193 Å². The third-order valence-corrected chi connectivity index (χ3v) is 8.70. The highest BCUT2D eigenvalue weighted by molar-refractivity contribution is 5.35. The maximum Gasteiger partial charge on any atom is 0.0822 e. The summed E-state index contributed by atoms with van der Waals surface area (Å²) in [6, 6.07) is 11.9. The van der Waals surface area contributed by atoms with Crippen LogP contribution in [0.1, 0.15) is 128 Å². The largest absolute Gasteiger partial charge is 0.197 e. The van der Waals surface area contributed by atoms with E-state index in [2.05, 4.69) is 44.2 Å². The fourth-order valence-electron chi connectivity index (χ4n) is 6.43. The molecule has 0 heterocycles. The lowest BCUT2D eigenvalue weighted by molar-refractivity contribution is 0.144. The molecular formula is C30H47N. The SMILES string of the molecule is CCCCCCCc1ccc([C@]2(C#N)CC[C@@H](C3CCC(CCCC)CC3)CC2)cc1. The van der Waals surface area contributed by atoms with Gasteiger partial charge in [0.05, 0.1) is 11.5 Å². The molecule has 1 nitrogen and oxygen atoms in total. The zero-order chi connectivity index (χ0) is 21.9. The molecule has 2 aliphatic rings. The molecule has 0 N–H and O–H groups in total. The van der Waals surface area contributed by atoms with Crippen LogP contribution in [0, 0.1) is 29.1 Å². The molecule has 0 aromatic heterocycles. The Morgan fingerprint density at radius 2 is 1.39 bits per heavy atom. The van der Waals surface area contributed by atoms with Gasteiger partial charge in [-0.15, -0.1) is 0 Å². The number of benzene rings is 1. The molecule has 1 aromatic rings. The van der Waals surface area contributed by atoms with Crippen molar-refractivity contribution >= 4 is 0 Å². The number of nitriles is 1. The van der Waals surface area contributed by atoms with E-state index in [-0.39, 0.29) is 5.41 Å². The molecule has 0 saturated heterocycles. The number of aryl methyl sites for hydroxylation is 1. The first-order valence-electron chi connectivity index (χ1n) is 13.7. The van der Waals surface area contributed by atoms with Crippen molar-refractivity contribution < 1.29 is 0 Å². The van der Waals surface area contributed by atoms with Crippen LogP contribution in [-0.2, 0) is 11.8 Å². The summed E-state index contributed by atoms with van der Waals surface area (Å²) in [6.07, 6.45) is 22.6. The van der Waals surface area contributed by atoms with Crippen molar-refractivity contribution in [1.82, 2.24) is 0 Å². The normalized spacial score (nSPS) is 28.9. The van der Waals surface area contributed by atoms with Gasteiger partial charge in [0, 0.05) is 0 Å². The number of nitrogens with zero attached hydrogens (tertiary/aromatic N) is 1. The molecule has 0 spiro atoms. The lowest BCUT2D eigenvalue weighted by atomic mass is 9.62. The Hall–Kier alpha value is -1.29. The first kappa shape index (κ1) is 24.4. The molecule has 2 fully saturated rings. The minimum absolute atomic E-state index is 0.228. The van der Waals surface area contributed by atoms with E-state index in [9.17, 15) is 5.26 Å². The number of unbranched alkanes of at least 4 members (excludes halogenated alkanes) is 5. The van der Waals surface area contributed by atoms with E-state index < -0.39 is 0 Å². The summed E-state index contributed by atoms with van der Waals surface area (Å²) < 4.78 is 0. The highest BCUT2D eigenvalue weighted by atomic mass is 14.5. The van der Waals surface area contributed by atoms with E-state index in [1.807, 2.05) is 0 Å². The van der Waals surface area contributed by atoms with E-state index in [0.717, 1.165) is 30.6 Å². The third kappa shape index (κ3) is 6.84. The molecule has 2 aliphatic carbocycles. The van der Waals surface area contributed by atoms with Crippen molar-refractivity contribution in [3.63, 3.8) is 0 Å². The van der Waals surface area contributed by atoms with Crippen LogP contribution >= 0.6 is 0 Å². The molecule has 0 unspecified atom stereocenters. The summed E-state index contributed by atoms with van der Waals surface area (Å²) >= 11 is 0. The topological polar surface area (TPSA) is 23.8 Å². The molecule has 2 saturated carbocycles. The summed E-state index contributed by atoms with van der Waals surface area (Å²) in [4.78, 5) is 0. The second-order valence-electron chi connectivity index (χ2n) is 10.8. The van der Waals surface area contributed by atoms with Crippen molar-refractivity contribution in [2.75, 3.05) is 0 Å². The molecule has 172 valence electrons. The number of hydrogen-bond acceptors (Lipinski definition) is 1. The van der Waals surface area contributed by atoms with Crippen LogP contribution < -0.4 is 0 Å². The molecule has 1 heteroatoms. The molecule has 0 amide bonds. The van der Waals surface area contributed by atoms with E-state index in [0.29, 0.717) is 0 Å². The van der Waals surface area contributed by atoms with Crippen LogP contribution in [0.25, 0.3) is 0 Å². The van der Waals surface area contributed by atoms with Gasteiger partial charge < -0.3 is 0 Å². The van der Waals surface area contributed by atoms with E-state index in [1.54, 1.807) is 0 Å². The van der Waals surface area contributed by atoms with Crippen molar-refractivity contribution in [3.05, 3.63) is 35.4 Å². The predicted molar refractivity (Wildman–Crippen MR) is 133 cm³/mol. The number of rotatable bonds is 11. The molecule has 0 aliphatic heterocycles. The smallest absolute Gasteiger partial charge is 0.0822 e. The molecule has 0 radical (unpaired) electrons. The second-order valence-corrected chi connectivity index (χ2v) is 10.8. The van der Waals surface area contributed by atoms with Gasteiger partial charge in [0.15, 0.2) is 0 Å². The molecule has 3 rings (SSSR count). The van der Waals surface area contributed by atoms with Gasteiger partial charge in [0.1, 0.15) is 0 Å². The molecule has 0 atom stereocenters. The van der Waals surface area contributed by atoms with Gasteiger partial charge in [-0.3, -0.25) is 0 Å². The summed E-state index contributed by atoms with van der Waals surface area (Å²) in [6.45, 7) is 4.59. The zero-order valence-corrected chi connectivity index (χ0v) is 20.5. The van der Waals surface area contributed by atoms with Gasteiger partial charge in [0.25, 0.3) is 0 Å². The summed E-state index contributed by atoms with van der Waals surface area (Å²) in [5.74, 6) is 2.81. The Morgan fingerprint density at radius 1 is 0.774 bits per heavy atom. The molecule has 31 heavy (non-hydrogen) atoms. The molecule has 0 bridgehead atoms.